The Bertz CT molecular complexity index is 426. The third-order valence-corrected chi connectivity index (χ3v) is 5.55. The minimum atomic E-state index is -0.193. The van der Waals surface area contributed by atoms with Gasteiger partial charge in [0.25, 0.3) is 0 Å². The molecule has 6 rings (SSSR count). The summed E-state index contributed by atoms with van der Waals surface area (Å²) in [7, 11) is 0. The molecule has 4 bridgehead atoms. The van der Waals surface area contributed by atoms with E-state index >= 15 is 0 Å². The van der Waals surface area contributed by atoms with Gasteiger partial charge in [0.2, 0.25) is 6.04 Å². The average molecular weight is 236 g/mol. The van der Waals surface area contributed by atoms with Gasteiger partial charge in [0.05, 0.1) is 29.0 Å². The average Bonchev–Trinajstić information content (AvgIpc) is 2.35. The number of hydrogen-bond acceptors (Lipinski definition) is 4. The molecule has 17 heavy (non-hydrogen) atoms. The second kappa shape index (κ2) is 2.85. The molecule has 0 aromatic heterocycles. The Morgan fingerprint density at radius 2 is 2.12 bits per heavy atom. The summed E-state index contributed by atoms with van der Waals surface area (Å²) in [4.78, 5) is 12.6. The maximum atomic E-state index is 12.0. The molecule has 6 nitrogen and oxygen atoms in total. The Kier molecular flexibility index (Phi) is 1.67. The van der Waals surface area contributed by atoms with Gasteiger partial charge < -0.3 is 5.21 Å². The Hall–Kier alpha value is -1.04. The van der Waals surface area contributed by atoms with Crippen molar-refractivity contribution < 1.29 is 4.87 Å². The molecule has 2 saturated heterocycles. The van der Waals surface area contributed by atoms with E-state index in [0.29, 0.717) is 10.0 Å². The largest absolute Gasteiger partial charge is 0.704 e. The molecule has 4 heterocycles. The van der Waals surface area contributed by atoms with E-state index in [1.165, 1.54) is 0 Å². The van der Waals surface area contributed by atoms with Gasteiger partial charge in [-0.05, 0) is 19.3 Å². The number of rotatable bonds is 0. The lowest BCUT2D eigenvalue weighted by Gasteiger charge is -2.61. The molecule has 4 fully saturated rings. The SMILES string of the molecule is C[C@]12[C@H]([C@@H]3CC[C@H]1N=N3)[C@H]1CC[C@@H]2N([O-])[N+]1=O. The molecule has 0 unspecified atom stereocenters. The Labute approximate surface area is 99.2 Å². The molecule has 6 aliphatic rings. The minimum absolute atomic E-state index is 0.129. The lowest BCUT2D eigenvalue weighted by molar-refractivity contribution is -0.766. The highest BCUT2D eigenvalue weighted by Gasteiger charge is 2.69. The third-order valence-electron chi connectivity index (χ3n) is 5.55. The van der Waals surface area contributed by atoms with Crippen LogP contribution < -0.4 is 0 Å². The monoisotopic (exact) mass is 236 g/mol. The van der Waals surface area contributed by atoms with Gasteiger partial charge in [0.1, 0.15) is 4.87 Å². The number of nitrogens with zero attached hydrogens (tertiary/aromatic N) is 4. The van der Waals surface area contributed by atoms with Crippen LogP contribution in [-0.4, -0.2) is 34.2 Å². The Balaban J connectivity index is 1.88. The fourth-order valence-electron chi connectivity index (χ4n) is 4.75. The number of fused-ring (bicyclic) bond motifs is 3. The van der Waals surface area contributed by atoms with Gasteiger partial charge in [-0.25, -0.2) is 0 Å². The molecule has 0 spiro atoms. The maximum Gasteiger partial charge on any atom is 0.239 e. The first-order valence-corrected chi connectivity index (χ1v) is 6.46. The van der Waals surface area contributed by atoms with Crippen LogP contribution in [0.3, 0.4) is 0 Å². The molecule has 2 saturated carbocycles. The zero-order chi connectivity index (χ0) is 11.8. The van der Waals surface area contributed by atoms with Crippen LogP contribution in [-0.2, 0) is 0 Å². The molecular weight excluding hydrogens is 220 g/mol. The van der Waals surface area contributed by atoms with Crippen molar-refractivity contribution in [2.75, 3.05) is 0 Å². The lowest BCUT2D eigenvalue weighted by Crippen LogP contribution is -2.73. The van der Waals surface area contributed by atoms with Crippen molar-refractivity contribution in [1.82, 2.24) is 5.17 Å². The fourth-order valence-corrected chi connectivity index (χ4v) is 4.75. The first-order valence-electron chi connectivity index (χ1n) is 6.46. The lowest BCUT2D eigenvalue weighted by atomic mass is 9.51. The third kappa shape index (κ3) is 0.931. The van der Waals surface area contributed by atoms with Crippen LogP contribution in [0.4, 0.5) is 0 Å². The zero-order valence-corrected chi connectivity index (χ0v) is 9.82. The molecule has 92 valence electrons. The van der Waals surface area contributed by atoms with Crippen LogP contribution in [0.25, 0.3) is 0 Å². The summed E-state index contributed by atoms with van der Waals surface area (Å²) in [6.07, 6.45) is 3.73. The number of hydroxylamine groups is 1. The summed E-state index contributed by atoms with van der Waals surface area (Å²) in [5, 5.41) is 21.4. The van der Waals surface area contributed by atoms with Gasteiger partial charge in [-0.15, -0.1) is 0 Å². The first kappa shape index (κ1) is 9.94. The summed E-state index contributed by atoms with van der Waals surface area (Å²) >= 11 is 0. The van der Waals surface area contributed by atoms with Crippen molar-refractivity contribution >= 4 is 0 Å². The van der Waals surface area contributed by atoms with E-state index in [1.807, 2.05) is 0 Å². The van der Waals surface area contributed by atoms with Crippen molar-refractivity contribution in [3.63, 3.8) is 0 Å². The van der Waals surface area contributed by atoms with Crippen LogP contribution in [0, 0.1) is 21.4 Å². The van der Waals surface area contributed by atoms with Gasteiger partial charge in [-0.3, -0.25) is 0 Å². The second-order valence-electron chi connectivity index (χ2n) is 6.05. The highest BCUT2D eigenvalue weighted by atomic mass is 16.6. The number of nitroso groups, excluding NO2 is 1. The molecule has 0 aromatic rings. The number of hydrazine groups is 1. The van der Waals surface area contributed by atoms with E-state index in [-0.39, 0.29) is 35.5 Å². The second-order valence-corrected chi connectivity index (χ2v) is 6.05. The molecule has 2 aliphatic carbocycles. The van der Waals surface area contributed by atoms with Gasteiger partial charge in [0, 0.05) is 11.8 Å². The highest BCUT2D eigenvalue weighted by molar-refractivity contribution is 5.15. The predicted octanol–water partition coefficient (Wildman–Crippen LogP) is 1.64. The summed E-state index contributed by atoms with van der Waals surface area (Å²) in [5.74, 6) is 0.236. The van der Waals surface area contributed by atoms with Gasteiger partial charge in [-0.2, -0.15) is 15.4 Å². The van der Waals surface area contributed by atoms with Gasteiger partial charge in [0.15, 0.2) is 0 Å². The summed E-state index contributed by atoms with van der Waals surface area (Å²) in [6.45, 7) is 2.15. The molecule has 0 amide bonds. The van der Waals surface area contributed by atoms with Gasteiger partial charge in [-0.1, -0.05) is 6.92 Å². The minimum Gasteiger partial charge on any atom is -0.704 e. The fraction of sp³-hybridized carbons (Fsp3) is 1.00. The quantitative estimate of drug-likeness (QED) is 0.600. The zero-order valence-electron chi connectivity index (χ0n) is 9.82. The van der Waals surface area contributed by atoms with Crippen molar-refractivity contribution in [3.8, 4) is 0 Å². The Morgan fingerprint density at radius 3 is 2.82 bits per heavy atom. The molecule has 0 radical (unpaired) electrons. The molecular formula is C11H16N4O2. The molecule has 4 aliphatic heterocycles. The predicted molar refractivity (Wildman–Crippen MR) is 58.9 cm³/mol. The molecule has 6 atom stereocenters. The van der Waals surface area contributed by atoms with Crippen molar-refractivity contribution in [2.24, 2.45) is 21.6 Å². The van der Waals surface area contributed by atoms with E-state index in [2.05, 4.69) is 17.2 Å². The van der Waals surface area contributed by atoms with Crippen molar-refractivity contribution in [1.29, 1.82) is 0 Å². The topological polar surface area (TPSA) is 71.1 Å². The summed E-state index contributed by atoms with van der Waals surface area (Å²) < 4.78 is 0. The van der Waals surface area contributed by atoms with Crippen molar-refractivity contribution in [3.05, 3.63) is 10.1 Å². The van der Waals surface area contributed by atoms with E-state index in [4.69, 9.17) is 0 Å². The molecule has 0 aromatic carbocycles. The van der Waals surface area contributed by atoms with E-state index in [0.717, 1.165) is 25.7 Å². The summed E-state index contributed by atoms with van der Waals surface area (Å²) in [6, 6.07) is -0.0463. The number of hydrogen-bond donors (Lipinski definition) is 0. The van der Waals surface area contributed by atoms with Crippen LogP contribution in [0.2, 0.25) is 0 Å². The standard InChI is InChI=1S/C11H16N4O2/c1-11-8-4-2-6(12-13-8)10(11)7-3-5-9(11)15(17)14(7)16/h6-10H,2-5H2,1H3/t6-,7+,8+,9-,10+,11-/m0/s1. The first-order chi connectivity index (χ1) is 8.14. The van der Waals surface area contributed by atoms with E-state index in [1.54, 1.807) is 0 Å². The number of azo groups is 1. The maximum absolute atomic E-state index is 12.0. The van der Waals surface area contributed by atoms with Crippen LogP contribution in [0.1, 0.15) is 32.6 Å². The van der Waals surface area contributed by atoms with Crippen molar-refractivity contribution in [2.45, 2.75) is 56.8 Å². The highest BCUT2D eigenvalue weighted by Crippen LogP contribution is 2.59. The van der Waals surface area contributed by atoms with Crippen LogP contribution >= 0.6 is 0 Å². The Morgan fingerprint density at radius 1 is 1.29 bits per heavy atom. The van der Waals surface area contributed by atoms with E-state index < -0.39 is 0 Å². The summed E-state index contributed by atoms with van der Waals surface area (Å²) in [5.41, 5.74) is -0.129. The van der Waals surface area contributed by atoms with Crippen LogP contribution in [0.5, 0.6) is 0 Å². The van der Waals surface area contributed by atoms with Gasteiger partial charge >= 0.3 is 0 Å². The molecule has 0 N–H and O–H groups in total. The van der Waals surface area contributed by atoms with Crippen LogP contribution in [0.15, 0.2) is 10.2 Å². The normalized spacial score (nSPS) is 55.3. The van der Waals surface area contributed by atoms with E-state index in [9.17, 15) is 10.1 Å². The molecule has 6 heteroatoms. The smallest absolute Gasteiger partial charge is 0.239 e.